The molecular formula is C10H22N2O. The van der Waals surface area contributed by atoms with Gasteiger partial charge in [0.05, 0.1) is 0 Å². The first-order chi connectivity index (χ1) is 6.33. The van der Waals surface area contributed by atoms with Crippen molar-refractivity contribution in [1.82, 2.24) is 10.2 Å². The highest BCUT2D eigenvalue weighted by Crippen LogP contribution is 2.17. The van der Waals surface area contributed by atoms with Gasteiger partial charge in [0.25, 0.3) is 0 Å². The number of nitrogens with zero attached hydrogens (tertiary/aromatic N) is 1. The minimum Gasteiger partial charge on any atom is -0.396 e. The molecule has 0 aromatic rings. The molecule has 13 heavy (non-hydrogen) atoms. The van der Waals surface area contributed by atoms with Crippen LogP contribution < -0.4 is 5.32 Å². The van der Waals surface area contributed by atoms with Crippen LogP contribution in [0.4, 0.5) is 0 Å². The Morgan fingerprint density at radius 3 is 2.62 bits per heavy atom. The van der Waals surface area contributed by atoms with Crippen LogP contribution in [0.25, 0.3) is 0 Å². The minimum absolute atomic E-state index is 0.336. The SMILES string of the molecule is CCN(CC)C1CNCCC1CO. The Morgan fingerprint density at radius 1 is 1.38 bits per heavy atom. The highest BCUT2D eigenvalue weighted by Gasteiger charge is 2.27. The van der Waals surface area contributed by atoms with E-state index >= 15 is 0 Å². The average Bonchev–Trinajstić information content (AvgIpc) is 2.20. The zero-order chi connectivity index (χ0) is 9.68. The Morgan fingerprint density at radius 2 is 2.08 bits per heavy atom. The molecule has 2 atom stereocenters. The molecule has 2 unspecified atom stereocenters. The van der Waals surface area contributed by atoms with Crippen LogP contribution in [-0.2, 0) is 0 Å². The van der Waals surface area contributed by atoms with Crippen molar-refractivity contribution in [3.8, 4) is 0 Å². The summed E-state index contributed by atoms with van der Waals surface area (Å²) in [5.41, 5.74) is 0. The zero-order valence-electron chi connectivity index (χ0n) is 8.79. The molecular weight excluding hydrogens is 164 g/mol. The quantitative estimate of drug-likeness (QED) is 0.663. The molecule has 3 nitrogen and oxygen atoms in total. The maximum absolute atomic E-state index is 9.25. The summed E-state index contributed by atoms with van der Waals surface area (Å²) in [7, 11) is 0. The second-order valence-corrected chi connectivity index (χ2v) is 3.72. The van der Waals surface area contributed by atoms with E-state index in [0.717, 1.165) is 32.6 Å². The van der Waals surface area contributed by atoms with Gasteiger partial charge in [-0.15, -0.1) is 0 Å². The van der Waals surface area contributed by atoms with Crippen molar-refractivity contribution < 1.29 is 5.11 Å². The number of hydrogen-bond donors (Lipinski definition) is 2. The van der Waals surface area contributed by atoms with E-state index in [0.29, 0.717) is 18.6 Å². The number of aliphatic hydroxyl groups excluding tert-OH is 1. The van der Waals surface area contributed by atoms with Crippen molar-refractivity contribution in [3.63, 3.8) is 0 Å². The Kier molecular flexibility index (Phi) is 4.70. The van der Waals surface area contributed by atoms with E-state index in [4.69, 9.17) is 0 Å². The van der Waals surface area contributed by atoms with Crippen molar-refractivity contribution >= 4 is 0 Å². The van der Waals surface area contributed by atoms with Gasteiger partial charge in [0.15, 0.2) is 0 Å². The molecule has 0 aliphatic carbocycles. The summed E-state index contributed by atoms with van der Waals surface area (Å²) in [5.74, 6) is 0.473. The third-order valence-electron chi connectivity index (χ3n) is 3.11. The second kappa shape index (κ2) is 5.58. The molecule has 0 amide bonds. The molecule has 0 saturated carbocycles. The van der Waals surface area contributed by atoms with Crippen LogP contribution >= 0.6 is 0 Å². The summed E-state index contributed by atoms with van der Waals surface area (Å²) in [5, 5.41) is 12.6. The molecule has 0 bridgehead atoms. The molecule has 1 aliphatic heterocycles. The van der Waals surface area contributed by atoms with E-state index in [1.54, 1.807) is 0 Å². The first-order valence-corrected chi connectivity index (χ1v) is 5.39. The van der Waals surface area contributed by atoms with Crippen LogP contribution in [0.1, 0.15) is 20.3 Å². The van der Waals surface area contributed by atoms with E-state index < -0.39 is 0 Å². The van der Waals surface area contributed by atoms with Gasteiger partial charge in [-0.25, -0.2) is 0 Å². The number of hydrogen-bond acceptors (Lipinski definition) is 3. The fraction of sp³-hybridized carbons (Fsp3) is 1.00. The van der Waals surface area contributed by atoms with E-state index in [2.05, 4.69) is 24.1 Å². The van der Waals surface area contributed by atoms with Crippen LogP contribution in [0.3, 0.4) is 0 Å². The van der Waals surface area contributed by atoms with Crippen LogP contribution in [0.15, 0.2) is 0 Å². The Hall–Kier alpha value is -0.120. The van der Waals surface area contributed by atoms with Crippen LogP contribution in [0.2, 0.25) is 0 Å². The molecule has 1 aliphatic rings. The molecule has 1 heterocycles. The molecule has 1 saturated heterocycles. The van der Waals surface area contributed by atoms with Gasteiger partial charge in [-0.2, -0.15) is 0 Å². The number of piperidine rings is 1. The summed E-state index contributed by atoms with van der Waals surface area (Å²) >= 11 is 0. The number of aliphatic hydroxyl groups is 1. The van der Waals surface area contributed by atoms with Crippen molar-refractivity contribution in [1.29, 1.82) is 0 Å². The number of nitrogens with one attached hydrogen (secondary N) is 1. The highest BCUT2D eigenvalue weighted by molar-refractivity contribution is 4.84. The molecule has 3 heteroatoms. The zero-order valence-corrected chi connectivity index (χ0v) is 8.79. The molecule has 2 N–H and O–H groups in total. The smallest absolute Gasteiger partial charge is 0.0475 e. The molecule has 0 spiro atoms. The van der Waals surface area contributed by atoms with E-state index in [-0.39, 0.29) is 0 Å². The lowest BCUT2D eigenvalue weighted by Crippen LogP contribution is -2.52. The Labute approximate surface area is 81.1 Å². The topological polar surface area (TPSA) is 35.5 Å². The van der Waals surface area contributed by atoms with Crippen molar-refractivity contribution in [2.75, 3.05) is 32.8 Å². The Bertz CT molecular complexity index is 129. The third-order valence-corrected chi connectivity index (χ3v) is 3.11. The van der Waals surface area contributed by atoms with E-state index in [1.807, 2.05) is 0 Å². The monoisotopic (exact) mass is 186 g/mol. The molecule has 0 radical (unpaired) electrons. The predicted octanol–water partition coefficient (Wildman–Crippen LogP) is 0.299. The standard InChI is InChI=1S/C10H22N2O/c1-3-12(4-2)10-7-11-6-5-9(10)8-13/h9-11,13H,3-8H2,1-2H3. The molecule has 0 aromatic heterocycles. The summed E-state index contributed by atoms with van der Waals surface area (Å²) < 4.78 is 0. The van der Waals surface area contributed by atoms with Crippen LogP contribution in [-0.4, -0.2) is 48.8 Å². The summed E-state index contributed by atoms with van der Waals surface area (Å²) in [4.78, 5) is 2.44. The summed E-state index contributed by atoms with van der Waals surface area (Å²) in [6.45, 7) is 8.97. The van der Waals surface area contributed by atoms with Crippen LogP contribution in [0.5, 0.6) is 0 Å². The summed E-state index contributed by atoms with van der Waals surface area (Å²) in [6.07, 6.45) is 1.11. The lowest BCUT2D eigenvalue weighted by Gasteiger charge is -2.38. The largest absolute Gasteiger partial charge is 0.396 e. The molecule has 0 aromatic carbocycles. The average molecular weight is 186 g/mol. The highest BCUT2D eigenvalue weighted by atomic mass is 16.3. The lowest BCUT2D eigenvalue weighted by atomic mass is 9.92. The van der Waals surface area contributed by atoms with Gasteiger partial charge in [-0.05, 0) is 32.0 Å². The van der Waals surface area contributed by atoms with Crippen molar-refractivity contribution in [2.45, 2.75) is 26.3 Å². The molecule has 1 fully saturated rings. The normalized spacial score (nSPS) is 29.5. The van der Waals surface area contributed by atoms with E-state index in [1.165, 1.54) is 0 Å². The van der Waals surface area contributed by atoms with Gasteiger partial charge in [0.2, 0.25) is 0 Å². The number of likely N-dealkylation sites (N-methyl/N-ethyl adjacent to an activating group) is 1. The predicted molar refractivity (Wildman–Crippen MR) is 54.8 cm³/mol. The maximum atomic E-state index is 9.25. The molecule has 1 rings (SSSR count). The first-order valence-electron chi connectivity index (χ1n) is 5.39. The van der Waals surface area contributed by atoms with Crippen LogP contribution in [0, 0.1) is 5.92 Å². The Balaban J connectivity index is 2.51. The van der Waals surface area contributed by atoms with Crippen molar-refractivity contribution in [3.05, 3.63) is 0 Å². The fourth-order valence-electron chi connectivity index (χ4n) is 2.23. The van der Waals surface area contributed by atoms with E-state index in [9.17, 15) is 5.11 Å². The third kappa shape index (κ3) is 2.66. The lowest BCUT2D eigenvalue weighted by molar-refractivity contribution is 0.0814. The van der Waals surface area contributed by atoms with Gasteiger partial charge in [0.1, 0.15) is 0 Å². The molecule has 78 valence electrons. The summed E-state index contributed by atoms with van der Waals surface area (Å²) in [6, 6.07) is 0.536. The first kappa shape index (κ1) is 11.0. The van der Waals surface area contributed by atoms with Gasteiger partial charge >= 0.3 is 0 Å². The van der Waals surface area contributed by atoms with Gasteiger partial charge in [0, 0.05) is 19.2 Å². The van der Waals surface area contributed by atoms with Gasteiger partial charge in [-0.3, -0.25) is 4.90 Å². The second-order valence-electron chi connectivity index (χ2n) is 3.72. The number of rotatable bonds is 4. The van der Waals surface area contributed by atoms with Gasteiger partial charge in [-0.1, -0.05) is 13.8 Å². The minimum atomic E-state index is 0.336. The van der Waals surface area contributed by atoms with Crippen molar-refractivity contribution in [2.24, 2.45) is 5.92 Å². The fourth-order valence-corrected chi connectivity index (χ4v) is 2.23. The van der Waals surface area contributed by atoms with Gasteiger partial charge < -0.3 is 10.4 Å². The maximum Gasteiger partial charge on any atom is 0.0475 e.